The van der Waals surface area contributed by atoms with Crippen molar-refractivity contribution < 1.29 is 4.74 Å². The Bertz CT molecular complexity index is 169. The molecule has 0 radical (unpaired) electrons. The van der Waals surface area contributed by atoms with Crippen LogP contribution in [0.1, 0.15) is 34.1 Å². The highest BCUT2D eigenvalue weighted by Gasteiger charge is 2.22. The topological polar surface area (TPSA) is 24.5 Å². The van der Waals surface area contributed by atoms with Gasteiger partial charge in [0.1, 0.15) is 0 Å². The zero-order valence-corrected chi connectivity index (χ0v) is 11.3. The normalized spacial score (nSPS) is 24.9. The smallest absolute Gasteiger partial charge is 0.0509 e. The van der Waals surface area contributed by atoms with Crippen LogP contribution in [0.5, 0.6) is 0 Å². The summed E-state index contributed by atoms with van der Waals surface area (Å²) >= 11 is 0. The summed E-state index contributed by atoms with van der Waals surface area (Å²) in [6.07, 6.45) is 1.22. The van der Waals surface area contributed by atoms with Crippen molar-refractivity contribution in [1.29, 1.82) is 0 Å². The van der Waals surface area contributed by atoms with E-state index in [0.717, 1.165) is 32.8 Å². The molecule has 0 saturated carbocycles. The van der Waals surface area contributed by atoms with Gasteiger partial charge in [0.05, 0.1) is 6.61 Å². The molecule has 0 spiro atoms. The average Bonchev–Trinajstić information content (AvgIpc) is 2.81. The molecule has 1 aliphatic heterocycles. The second-order valence-electron chi connectivity index (χ2n) is 4.89. The molecule has 16 heavy (non-hydrogen) atoms. The van der Waals surface area contributed by atoms with Gasteiger partial charge in [-0.1, -0.05) is 13.8 Å². The Morgan fingerprint density at radius 1 is 1.31 bits per heavy atom. The molecule has 3 nitrogen and oxygen atoms in total. The van der Waals surface area contributed by atoms with Crippen LogP contribution in [0.3, 0.4) is 0 Å². The highest BCUT2D eigenvalue weighted by atomic mass is 16.5. The lowest BCUT2D eigenvalue weighted by Gasteiger charge is -2.29. The summed E-state index contributed by atoms with van der Waals surface area (Å²) in [5.74, 6) is 0.712. The quantitative estimate of drug-likeness (QED) is 0.718. The number of nitrogens with one attached hydrogen (secondary N) is 1. The first-order valence-corrected chi connectivity index (χ1v) is 6.74. The van der Waals surface area contributed by atoms with Crippen LogP contribution in [0, 0.1) is 5.92 Å². The Kier molecular flexibility index (Phi) is 6.32. The first-order valence-electron chi connectivity index (χ1n) is 6.74. The van der Waals surface area contributed by atoms with Crippen LogP contribution >= 0.6 is 0 Å². The van der Waals surface area contributed by atoms with Crippen LogP contribution < -0.4 is 5.32 Å². The first-order chi connectivity index (χ1) is 7.69. The molecule has 0 amide bonds. The van der Waals surface area contributed by atoms with Crippen LogP contribution in [0.25, 0.3) is 0 Å². The van der Waals surface area contributed by atoms with Crippen LogP contribution in [-0.2, 0) is 4.74 Å². The molecule has 1 heterocycles. The van der Waals surface area contributed by atoms with E-state index in [0.29, 0.717) is 18.0 Å². The van der Waals surface area contributed by atoms with E-state index in [1.807, 2.05) is 0 Å². The lowest BCUT2D eigenvalue weighted by atomic mass is 10.0. The molecule has 1 saturated heterocycles. The molecule has 3 unspecified atom stereocenters. The molecule has 96 valence electrons. The Morgan fingerprint density at radius 2 is 2.00 bits per heavy atom. The largest absolute Gasteiger partial charge is 0.381 e. The summed E-state index contributed by atoms with van der Waals surface area (Å²) in [5, 5.41) is 3.65. The minimum atomic E-state index is 0.584. The predicted molar refractivity (Wildman–Crippen MR) is 68.8 cm³/mol. The lowest BCUT2D eigenvalue weighted by Crippen LogP contribution is -2.44. The highest BCUT2D eigenvalue weighted by Crippen LogP contribution is 2.16. The van der Waals surface area contributed by atoms with Crippen molar-refractivity contribution in [3.8, 4) is 0 Å². The number of hydrogen-bond acceptors (Lipinski definition) is 3. The lowest BCUT2D eigenvalue weighted by molar-refractivity contribution is 0.174. The van der Waals surface area contributed by atoms with Crippen molar-refractivity contribution in [2.75, 3.05) is 32.8 Å². The molecule has 0 aromatic heterocycles. The maximum atomic E-state index is 5.42. The van der Waals surface area contributed by atoms with Gasteiger partial charge in [-0.15, -0.1) is 0 Å². The Hall–Kier alpha value is -0.120. The van der Waals surface area contributed by atoms with E-state index in [1.54, 1.807) is 0 Å². The van der Waals surface area contributed by atoms with Crippen molar-refractivity contribution >= 4 is 0 Å². The van der Waals surface area contributed by atoms with Gasteiger partial charge in [-0.2, -0.15) is 0 Å². The number of nitrogens with zero attached hydrogens (tertiary/aromatic N) is 1. The van der Waals surface area contributed by atoms with Crippen molar-refractivity contribution in [2.24, 2.45) is 5.92 Å². The third-order valence-electron chi connectivity index (χ3n) is 3.84. The fraction of sp³-hybridized carbons (Fsp3) is 1.00. The second kappa shape index (κ2) is 7.25. The molecule has 3 heteroatoms. The third kappa shape index (κ3) is 4.04. The minimum Gasteiger partial charge on any atom is -0.381 e. The zero-order chi connectivity index (χ0) is 12.0. The van der Waals surface area contributed by atoms with Gasteiger partial charge in [-0.3, -0.25) is 4.90 Å². The molecular weight excluding hydrogens is 200 g/mol. The predicted octanol–water partition coefficient (Wildman–Crippen LogP) is 1.73. The van der Waals surface area contributed by atoms with E-state index in [9.17, 15) is 0 Å². The monoisotopic (exact) mass is 228 g/mol. The number of ether oxygens (including phenoxy) is 1. The number of likely N-dealkylation sites (N-methyl/N-ethyl adjacent to an activating group) is 1. The van der Waals surface area contributed by atoms with Gasteiger partial charge in [-0.05, 0) is 39.3 Å². The van der Waals surface area contributed by atoms with Crippen LogP contribution in [-0.4, -0.2) is 49.8 Å². The van der Waals surface area contributed by atoms with E-state index >= 15 is 0 Å². The van der Waals surface area contributed by atoms with E-state index < -0.39 is 0 Å². The molecule has 0 aromatic rings. The first kappa shape index (κ1) is 13.9. The third-order valence-corrected chi connectivity index (χ3v) is 3.84. The molecule has 1 N–H and O–H groups in total. The van der Waals surface area contributed by atoms with Gasteiger partial charge in [0.2, 0.25) is 0 Å². The van der Waals surface area contributed by atoms with Gasteiger partial charge in [-0.25, -0.2) is 0 Å². The summed E-state index contributed by atoms with van der Waals surface area (Å²) in [6.45, 7) is 14.3. The molecule has 3 atom stereocenters. The van der Waals surface area contributed by atoms with Gasteiger partial charge in [0.25, 0.3) is 0 Å². The van der Waals surface area contributed by atoms with Gasteiger partial charge in [0.15, 0.2) is 0 Å². The van der Waals surface area contributed by atoms with E-state index in [2.05, 4.69) is 37.9 Å². The molecule has 1 rings (SSSR count). The molecular formula is C13H28N2O. The maximum absolute atomic E-state index is 5.42. The second-order valence-corrected chi connectivity index (χ2v) is 4.89. The molecule has 1 aliphatic rings. The van der Waals surface area contributed by atoms with Crippen molar-refractivity contribution in [3.63, 3.8) is 0 Å². The van der Waals surface area contributed by atoms with Crippen LogP contribution in [0.4, 0.5) is 0 Å². The molecule has 0 bridgehead atoms. The average molecular weight is 228 g/mol. The summed E-state index contributed by atoms with van der Waals surface area (Å²) in [6, 6.07) is 1.21. The highest BCUT2D eigenvalue weighted by molar-refractivity contribution is 4.78. The van der Waals surface area contributed by atoms with Crippen molar-refractivity contribution in [3.05, 3.63) is 0 Å². The fourth-order valence-electron chi connectivity index (χ4n) is 2.45. The summed E-state index contributed by atoms with van der Waals surface area (Å²) in [4.78, 5) is 2.49. The van der Waals surface area contributed by atoms with Gasteiger partial charge >= 0.3 is 0 Å². The number of hydrogen-bond donors (Lipinski definition) is 1. The van der Waals surface area contributed by atoms with Gasteiger partial charge < -0.3 is 10.1 Å². The summed E-state index contributed by atoms with van der Waals surface area (Å²) < 4.78 is 5.42. The van der Waals surface area contributed by atoms with E-state index in [1.165, 1.54) is 6.42 Å². The van der Waals surface area contributed by atoms with E-state index in [-0.39, 0.29) is 0 Å². The van der Waals surface area contributed by atoms with Crippen LogP contribution in [0.15, 0.2) is 0 Å². The van der Waals surface area contributed by atoms with E-state index in [4.69, 9.17) is 4.74 Å². The van der Waals surface area contributed by atoms with Crippen molar-refractivity contribution in [1.82, 2.24) is 10.2 Å². The zero-order valence-electron chi connectivity index (χ0n) is 11.3. The summed E-state index contributed by atoms with van der Waals surface area (Å²) in [7, 11) is 0. The number of rotatable bonds is 7. The molecule has 0 aromatic carbocycles. The van der Waals surface area contributed by atoms with Gasteiger partial charge in [0, 0.05) is 25.2 Å². The molecule has 1 fully saturated rings. The Labute approximate surface area is 101 Å². The standard InChI is InChI=1S/C13H28N2O/c1-5-15(6-2)11(3)9-14-12(4)13-7-8-16-10-13/h11-14H,5-10H2,1-4H3. The Balaban J connectivity index is 2.21. The maximum Gasteiger partial charge on any atom is 0.0509 e. The Morgan fingerprint density at radius 3 is 2.50 bits per heavy atom. The SMILES string of the molecule is CCN(CC)C(C)CNC(C)C1CCOC1. The van der Waals surface area contributed by atoms with Crippen LogP contribution in [0.2, 0.25) is 0 Å². The fourth-order valence-corrected chi connectivity index (χ4v) is 2.45. The van der Waals surface area contributed by atoms with Crippen molar-refractivity contribution in [2.45, 2.75) is 46.2 Å². The molecule has 0 aliphatic carbocycles. The minimum absolute atomic E-state index is 0.584. The summed E-state index contributed by atoms with van der Waals surface area (Å²) in [5.41, 5.74) is 0.